The Morgan fingerprint density at radius 1 is 1.17 bits per heavy atom. The highest BCUT2D eigenvalue weighted by atomic mass is 32.1. The van der Waals surface area contributed by atoms with E-state index in [1.807, 2.05) is 0 Å². The number of hydrogen-bond acceptors (Lipinski definition) is 5. The minimum absolute atomic E-state index is 0.0717. The molecule has 0 saturated carbocycles. The summed E-state index contributed by atoms with van der Waals surface area (Å²) in [5.74, 6) is -2.20. The predicted molar refractivity (Wildman–Crippen MR) is 101 cm³/mol. The molecule has 154 valence electrons. The Labute approximate surface area is 169 Å². The van der Waals surface area contributed by atoms with Gasteiger partial charge in [0.2, 0.25) is 0 Å². The molecule has 0 atom stereocenters. The number of halogens is 4. The van der Waals surface area contributed by atoms with Gasteiger partial charge in [-0.3, -0.25) is 9.59 Å². The predicted octanol–water partition coefficient (Wildman–Crippen LogP) is 3.84. The maximum Gasteiger partial charge on any atom is 0.416 e. The molecule has 0 aliphatic heterocycles. The Balaban J connectivity index is 1.81. The highest BCUT2D eigenvalue weighted by Crippen LogP contribution is 2.34. The minimum Gasteiger partial charge on any atom is -0.481 e. The second-order valence-corrected chi connectivity index (χ2v) is 7.52. The first-order valence-electron chi connectivity index (χ1n) is 8.50. The smallest absolute Gasteiger partial charge is 0.416 e. The highest BCUT2D eigenvalue weighted by molar-refractivity contribution is 7.18. The van der Waals surface area contributed by atoms with Crippen molar-refractivity contribution in [3.8, 4) is 0 Å². The number of rotatable bonds is 4. The molecule has 4 aromatic rings. The lowest BCUT2D eigenvalue weighted by Gasteiger charge is -2.08. The number of aliphatic carboxylic acids is 1. The summed E-state index contributed by atoms with van der Waals surface area (Å²) in [5.41, 5.74) is -1.70. The van der Waals surface area contributed by atoms with Crippen LogP contribution in [0, 0.1) is 5.82 Å². The monoisotopic (exact) mass is 437 g/mol. The molecule has 4 rings (SSSR count). The summed E-state index contributed by atoms with van der Waals surface area (Å²) in [6.45, 7) is -0.240. The standard InChI is InChI=1S/C19H11F4N3O3S/c20-12-5-9(19(21,22)23)6-14-17(12)30-15(24-14)8-26-18(29)11-4-2-1-3-10(11)13(25-26)7-16(27)28/h1-6H,7-8H2,(H,27,28). The Hall–Kier alpha value is -3.34. The van der Waals surface area contributed by atoms with Crippen molar-refractivity contribution in [3.05, 3.63) is 68.8 Å². The van der Waals surface area contributed by atoms with Gasteiger partial charge >= 0.3 is 12.1 Å². The SMILES string of the molecule is O=C(O)Cc1nn(Cc2nc3cc(C(F)(F)F)cc(F)c3s2)c(=O)c2ccccc12. The number of nitrogens with zero attached hydrogens (tertiary/aromatic N) is 3. The lowest BCUT2D eigenvalue weighted by Crippen LogP contribution is -2.26. The van der Waals surface area contributed by atoms with Gasteiger partial charge in [0.05, 0.1) is 39.8 Å². The zero-order valence-electron chi connectivity index (χ0n) is 14.9. The average molecular weight is 437 g/mol. The summed E-state index contributed by atoms with van der Waals surface area (Å²) < 4.78 is 53.8. The first kappa shape index (κ1) is 20.0. The van der Waals surface area contributed by atoms with E-state index in [-0.39, 0.29) is 32.8 Å². The van der Waals surface area contributed by atoms with Crippen LogP contribution >= 0.6 is 11.3 Å². The van der Waals surface area contributed by atoms with Gasteiger partial charge in [-0.25, -0.2) is 14.1 Å². The first-order valence-corrected chi connectivity index (χ1v) is 9.32. The Morgan fingerprint density at radius 3 is 2.53 bits per heavy atom. The summed E-state index contributed by atoms with van der Waals surface area (Å²) in [6, 6.07) is 7.51. The van der Waals surface area contributed by atoms with Gasteiger partial charge < -0.3 is 5.11 Å². The normalized spacial score (nSPS) is 12.0. The third-order valence-electron chi connectivity index (χ3n) is 4.36. The molecule has 0 spiro atoms. The van der Waals surface area contributed by atoms with Gasteiger partial charge in [-0.05, 0) is 18.2 Å². The second-order valence-electron chi connectivity index (χ2n) is 6.44. The summed E-state index contributed by atoms with van der Waals surface area (Å²) in [6.07, 6.45) is -5.15. The van der Waals surface area contributed by atoms with E-state index in [9.17, 15) is 27.2 Å². The van der Waals surface area contributed by atoms with Crippen molar-refractivity contribution in [1.29, 1.82) is 0 Å². The van der Waals surface area contributed by atoms with E-state index in [1.165, 1.54) is 6.07 Å². The number of carboxylic acid groups (broad SMARTS) is 1. The summed E-state index contributed by atoms with van der Waals surface area (Å²) >= 11 is 0.802. The van der Waals surface area contributed by atoms with Crippen LogP contribution in [0.1, 0.15) is 16.3 Å². The van der Waals surface area contributed by atoms with Crippen LogP contribution in [0.3, 0.4) is 0 Å². The van der Waals surface area contributed by atoms with Crippen molar-refractivity contribution in [2.45, 2.75) is 19.1 Å². The molecule has 6 nitrogen and oxygen atoms in total. The molecular weight excluding hydrogens is 426 g/mol. The molecule has 2 heterocycles. The van der Waals surface area contributed by atoms with Crippen LogP contribution in [0.4, 0.5) is 17.6 Å². The molecule has 0 fully saturated rings. The van der Waals surface area contributed by atoms with Gasteiger partial charge in [0.25, 0.3) is 5.56 Å². The molecular formula is C19H11F4N3O3S. The van der Waals surface area contributed by atoms with Gasteiger partial charge in [0.15, 0.2) is 0 Å². The third-order valence-corrected chi connectivity index (χ3v) is 5.43. The van der Waals surface area contributed by atoms with E-state index in [1.54, 1.807) is 18.2 Å². The maximum atomic E-state index is 14.1. The van der Waals surface area contributed by atoms with E-state index in [0.29, 0.717) is 11.5 Å². The number of carboxylic acids is 1. The Morgan fingerprint density at radius 2 is 1.87 bits per heavy atom. The minimum atomic E-state index is -4.72. The van der Waals surface area contributed by atoms with Gasteiger partial charge in [-0.2, -0.15) is 18.3 Å². The van der Waals surface area contributed by atoms with Crippen molar-refractivity contribution in [3.63, 3.8) is 0 Å². The molecule has 30 heavy (non-hydrogen) atoms. The van der Waals surface area contributed by atoms with E-state index in [4.69, 9.17) is 5.11 Å². The van der Waals surface area contributed by atoms with E-state index in [0.717, 1.165) is 22.1 Å². The topological polar surface area (TPSA) is 85.1 Å². The first-order chi connectivity index (χ1) is 14.1. The van der Waals surface area contributed by atoms with E-state index < -0.39 is 35.5 Å². The number of fused-ring (bicyclic) bond motifs is 2. The molecule has 11 heteroatoms. The molecule has 0 bridgehead atoms. The highest BCUT2D eigenvalue weighted by Gasteiger charge is 2.32. The van der Waals surface area contributed by atoms with Crippen LogP contribution in [0.5, 0.6) is 0 Å². The van der Waals surface area contributed by atoms with Crippen LogP contribution in [0.25, 0.3) is 21.0 Å². The van der Waals surface area contributed by atoms with Crippen molar-refractivity contribution in [1.82, 2.24) is 14.8 Å². The van der Waals surface area contributed by atoms with Crippen LogP contribution in [0.2, 0.25) is 0 Å². The number of benzene rings is 2. The number of hydrogen-bond donors (Lipinski definition) is 1. The molecule has 0 saturated heterocycles. The summed E-state index contributed by atoms with van der Waals surface area (Å²) in [5, 5.41) is 14.0. The number of aromatic nitrogens is 3. The molecule has 0 aliphatic carbocycles. The van der Waals surface area contributed by atoms with Gasteiger partial charge in [0.1, 0.15) is 10.8 Å². The van der Waals surface area contributed by atoms with Gasteiger partial charge in [-0.15, -0.1) is 11.3 Å². The molecule has 2 aromatic heterocycles. The van der Waals surface area contributed by atoms with Crippen LogP contribution < -0.4 is 5.56 Å². The fourth-order valence-corrected chi connectivity index (χ4v) is 4.02. The lowest BCUT2D eigenvalue weighted by molar-refractivity contribution is -0.138. The third kappa shape index (κ3) is 3.63. The van der Waals surface area contributed by atoms with E-state index in [2.05, 4.69) is 10.1 Å². The fourth-order valence-electron chi connectivity index (χ4n) is 3.08. The molecule has 0 unspecified atom stereocenters. The van der Waals surface area contributed by atoms with Gasteiger partial charge in [0, 0.05) is 5.39 Å². The number of thiazole rings is 1. The second kappa shape index (κ2) is 7.17. The van der Waals surface area contributed by atoms with Crippen molar-refractivity contribution in [2.24, 2.45) is 0 Å². The Kier molecular flexibility index (Phi) is 4.77. The molecule has 0 radical (unpaired) electrons. The van der Waals surface area contributed by atoms with Crippen LogP contribution in [-0.2, 0) is 23.9 Å². The summed E-state index contributed by atoms with van der Waals surface area (Å²) in [7, 11) is 0. The molecule has 1 N–H and O–H groups in total. The number of alkyl halides is 3. The van der Waals surface area contributed by atoms with E-state index >= 15 is 0 Å². The molecule has 2 aromatic carbocycles. The maximum absolute atomic E-state index is 14.1. The molecule has 0 amide bonds. The van der Waals surface area contributed by atoms with Crippen molar-refractivity contribution in [2.75, 3.05) is 0 Å². The zero-order valence-corrected chi connectivity index (χ0v) is 15.7. The zero-order chi connectivity index (χ0) is 21.6. The van der Waals surface area contributed by atoms with Crippen molar-refractivity contribution < 1.29 is 27.5 Å². The molecule has 0 aliphatic rings. The quantitative estimate of drug-likeness (QED) is 0.491. The largest absolute Gasteiger partial charge is 0.481 e. The van der Waals surface area contributed by atoms with Crippen LogP contribution in [-0.4, -0.2) is 25.8 Å². The number of carbonyl (C=O) groups is 1. The Bertz CT molecular complexity index is 1360. The fraction of sp³-hybridized carbons (Fsp3) is 0.158. The van der Waals surface area contributed by atoms with Crippen molar-refractivity contribution >= 4 is 38.3 Å². The van der Waals surface area contributed by atoms with Gasteiger partial charge in [-0.1, -0.05) is 18.2 Å². The average Bonchev–Trinajstić information content (AvgIpc) is 3.08. The summed E-state index contributed by atoms with van der Waals surface area (Å²) in [4.78, 5) is 27.9. The lowest BCUT2D eigenvalue weighted by atomic mass is 10.1. The van der Waals surface area contributed by atoms with Crippen LogP contribution in [0.15, 0.2) is 41.2 Å².